The Morgan fingerprint density at radius 3 is 1.74 bits per heavy atom. The summed E-state index contributed by atoms with van der Waals surface area (Å²) in [6, 6.07) is 0. The Kier molecular flexibility index (Phi) is 29.7. The normalized spacial score (nSPS) is 11.1. The maximum Gasteiger partial charge on any atom is 1.00 e. The first-order chi connectivity index (χ1) is 19.2. The summed E-state index contributed by atoms with van der Waals surface area (Å²) in [6.45, 7) is 8.97. The van der Waals surface area contributed by atoms with Gasteiger partial charge in [-0.2, -0.15) is 11.8 Å². The molecule has 9 N–H and O–H groups in total. The van der Waals surface area contributed by atoms with Gasteiger partial charge in [0.1, 0.15) is 11.4 Å². The minimum absolute atomic E-state index is 0. The number of carboxylic acids is 1. The maximum atomic E-state index is 11.1. The Labute approximate surface area is 305 Å². The number of carboxylic acid groups (broad SMARTS) is 1. The van der Waals surface area contributed by atoms with E-state index in [1.54, 1.807) is 20.8 Å². The minimum Gasteiger partial charge on any atom is -0.480 e. The fraction of sp³-hybridized carbons (Fsp3) is 0.579. The van der Waals surface area contributed by atoms with E-state index in [9.17, 15) is 19.2 Å². The van der Waals surface area contributed by atoms with Crippen LogP contribution in [0.4, 0.5) is 0 Å². The number of aromatic nitrogens is 6. The molecule has 0 fully saturated rings. The third-order valence-electron chi connectivity index (χ3n) is 4.06. The predicted octanol–water partition coefficient (Wildman–Crippen LogP) is -3.97. The number of aryl methyl sites for hydroxylation is 3. The Morgan fingerprint density at radius 1 is 1.05 bits per heavy atom. The Hall–Kier alpha value is -1.80. The summed E-state index contributed by atoms with van der Waals surface area (Å²) in [7, 11) is 0. The van der Waals surface area contributed by atoms with Crippen LogP contribution in [0.1, 0.15) is 31.3 Å². The van der Waals surface area contributed by atoms with Crippen molar-refractivity contribution in [2.24, 2.45) is 22.5 Å². The first-order valence-electron chi connectivity index (χ1n) is 11.1. The quantitative estimate of drug-likeness (QED) is 0.0243. The first-order valence-corrected chi connectivity index (χ1v) is 13.3. The van der Waals surface area contributed by atoms with E-state index in [1.807, 2.05) is 0 Å². The van der Waals surface area contributed by atoms with Gasteiger partial charge in [0.25, 0.3) is 0 Å². The molecule has 0 saturated carbocycles. The van der Waals surface area contributed by atoms with Crippen molar-refractivity contribution in [1.82, 2.24) is 29.6 Å². The molecule has 0 aliphatic heterocycles. The molecule has 3 aromatic rings. The van der Waals surface area contributed by atoms with Gasteiger partial charge in [-0.3, -0.25) is 28.1 Å². The number of alkyl halides is 1. The van der Waals surface area contributed by atoms with Crippen LogP contribution in [-0.4, -0.2) is 74.3 Å². The summed E-state index contributed by atoms with van der Waals surface area (Å²) >= 11 is 4.58. The number of halogens is 2. The second-order valence-corrected chi connectivity index (χ2v) is 9.51. The van der Waals surface area contributed by atoms with E-state index in [2.05, 4.69) is 61.0 Å². The number of hydrogen-bond donors (Lipinski definition) is 6. The van der Waals surface area contributed by atoms with Crippen molar-refractivity contribution >= 4 is 51.9 Å². The first kappa shape index (κ1) is 48.1. The summed E-state index contributed by atoms with van der Waals surface area (Å²) in [4.78, 5) is 45.8. The Balaban J connectivity index is -0.000000250. The van der Waals surface area contributed by atoms with Gasteiger partial charge in [-0.15, -0.1) is 12.4 Å². The van der Waals surface area contributed by atoms with Gasteiger partial charge in [0.15, 0.2) is 11.6 Å². The molecule has 0 bridgehead atoms. The summed E-state index contributed by atoms with van der Waals surface area (Å²) in [5.74, 6) is 3.47. The van der Waals surface area contributed by atoms with E-state index in [4.69, 9.17) is 27.0 Å². The number of nitrogens with two attached hydrogens (primary N) is 3. The van der Waals surface area contributed by atoms with Crippen molar-refractivity contribution in [2.75, 3.05) is 16.8 Å². The van der Waals surface area contributed by atoms with Crippen LogP contribution in [0.3, 0.4) is 0 Å². The topological polar surface area (TPSA) is 321 Å². The number of amidine groups is 1. The van der Waals surface area contributed by atoms with Crippen LogP contribution >= 0.6 is 40.1 Å². The molecule has 1 atom stereocenters. The van der Waals surface area contributed by atoms with Gasteiger partial charge in [0, 0.05) is 29.9 Å². The van der Waals surface area contributed by atoms with Gasteiger partial charge in [0.2, 0.25) is 0 Å². The maximum absolute atomic E-state index is 11.1. The van der Waals surface area contributed by atoms with Gasteiger partial charge < -0.3 is 36.5 Å². The van der Waals surface area contributed by atoms with Gasteiger partial charge in [-0.05, 0) is 40.4 Å². The predicted molar refractivity (Wildman–Crippen MR) is 155 cm³/mol. The standard InChI is InChI=1S/C9H15N3O4S.C5H7BrN2O2.C3H4N2O2.C2H6N2O.ClH.K.H3NO/c1-6-11-16-8(15)12(6)3-4-17-5-9(2,10)7(13)14;1-4-7-10-5(9)8(4)3-2-6;1-2-4-3(6)7-5-2;1-2(3)4-5;;;1-2/h3-5,10H2,1-2H3,(H,13,14);2-3H2,1H3;1H3,(H,4,5,6);5H,1H3,(H2,3,4);1H;;2H,1H2/q;;;;;+1;/p-1/t9-;;;;;;/m0....../s1. The number of hydrogen-bond acceptors (Lipinski definition) is 16. The number of aliphatic carboxylic acids is 1. The van der Waals surface area contributed by atoms with Crippen LogP contribution in [-0.2, 0) is 17.9 Å². The van der Waals surface area contributed by atoms with Crippen molar-refractivity contribution in [2.45, 2.75) is 53.2 Å². The van der Waals surface area contributed by atoms with Crippen LogP contribution in [0, 0.1) is 20.8 Å². The molecule has 3 aromatic heterocycles. The van der Waals surface area contributed by atoms with Crippen LogP contribution < -0.4 is 91.0 Å². The molecule has 0 unspecified atom stereocenters. The zero-order chi connectivity index (χ0) is 32.2. The molecule has 0 amide bonds. The molecule has 0 spiro atoms. The average molecular weight is 750 g/mol. The van der Waals surface area contributed by atoms with E-state index in [0.29, 0.717) is 36.3 Å². The van der Waals surface area contributed by atoms with Crippen molar-refractivity contribution < 1.29 is 85.3 Å². The van der Waals surface area contributed by atoms with E-state index in [-0.39, 0.29) is 75.4 Å². The van der Waals surface area contributed by atoms with Crippen LogP contribution in [0.15, 0.2) is 33.1 Å². The number of rotatable bonds is 8. The van der Waals surface area contributed by atoms with Crippen LogP contribution in [0.2, 0.25) is 0 Å². The van der Waals surface area contributed by atoms with E-state index < -0.39 is 28.8 Å². The number of nitrogens with zero attached hydrogens (tertiary/aromatic N) is 7. The van der Waals surface area contributed by atoms with Crippen molar-refractivity contribution in [3.05, 3.63) is 49.1 Å². The van der Waals surface area contributed by atoms with Crippen molar-refractivity contribution in [1.29, 1.82) is 0 Å². The van der Waals surface area contributed by atoms with Crippen LogP contribution in [0.25, 0.3) is 0 Å². The molecule has 20 nitrogen and oxygen atoms in total. The molecular weight excluding hydrogens is 715 g/mol. The molecule has 0 saturated heterocycles. The number of carbonyl (C=O) groups is 1. The van der Waals surface area contributed by atoms with E-state index in [0.717, 1.165) is 5.33 Å². The molecule has 3 heterocycles. The fourth-order valence-corrected chi connectivity index (χ4v) is 3.40. The van der Waals surface area contributed by atoms with Crippen LogP contribution in [0.5, 0.6) is 0 Å². The average Bonchev–Trinajstić information content (AvgIpc) is 3.57. The van der Waals surface area contributed by atoms with Gasteiger partial charge in [-0.25, -0.2) is 20.3 Å². The molecular formula is C19H35BrClKN10O10S. The molecule has 242 valence electrons. The SMILES string of the molecule is C/C(N)=N/O.Cc1noc(=O)[n-]1.Cc1noc(=O)n1CCBr.Cc1noc(=O)n1CCSC[C@](C)(N)C(=O)O.Cl.NO.[K+]. The van der Waals surface area contributed by atoms with Gasteiger partial charge >= 0.3 is 74.6 Å². The molecule has 43 heavy (non-hydrogen) atoms. The zero-order valence-corrected chi connectivity index (χ0v) is 30.6. The number of oxime groups is 1. The third kappa shape index (κ3) is 21.5. The van der Waals surface area contributed by atoms with Crippen molar-refractivity contribution in [3.8, 4) is 0 Å². The third-order valence-corrected chi connectivity index (χ3v) is 5.69. The fourth-order valence-electron chi connectivity index (χ4n) is 2.04. The molecule has 0 aliphatic carbocycles. The second kappa shape index (κ2) is 26.6. The monoisotopic (exact) mass is 748 g/mol. The minimum atomic E-state index is -1.25. The molecule has 3 rings (SSSR count). The van der Waals surface area contributed by atoms with E-state index in [1.165, 1.54) is 34.7 Å². The summed E-state index contributed by atoms with van der Waals surface area (Å²) in [6.07, 6.45) is 0. The smallest absolute Gasteiger partial charge is 0.480 e. The molecule has 0 aromatic carbocycles. The molecule has 0 radical (unpaired) electrons. The summed E-state index contributed by atoms with van der Waals surface area (Å²) in [5, 5.41) is 36.4. The Bertz CT molecular complexity index is 1350. The van der Waals surface area contributed by atoms with E-state index >= 15 is 0 Å². The zero-order valence-electron chi connectivity index (χ0n) is 24.3. The van der Waals surface area contributed by atoms with Gasteiger partial charge in [-0.1, -0.05) is 31.4 Å². The second-order valence-electron chi connectivity index (χ2n) is 7.61. The molecule has 0 aliphatic rings. The Morgan fingerprint density at radius 2 is 1.49 bits per heavy atom. The summed E-state index contributed by atoms with van der Waals surface area (Å²) < 4.78 is 15.8. The molecule has 24 heteroatoms. The number of thioether (sulfide) groups is 1. The summed E-state index contributed by atoms with van der Waals surface area (Å²) in [5.41, 5.74) is 9.10. The van der Waals surface area contributed by atoms with Gasteiger partial charge in [0.05, 0.1) is 0 Å². The largest absolute Gasteiger partial charge is 1.00 e. The van der Waals surface area contributed by atoms with Crippen molar-refractivity contribution in [3.63, 3.8) is 0 Å².